The van der Waals surface area contributed by atoms with E-state index in [-0.39, 0.29) is 6.61 Å². The van der Waals surface area contributed by atoms with Crippen LogP contribution in [0.15, 0.2) is 11.6 Å². The second kappa shape index (κ2) is 11.7. The van der Waals surface area contributed by atoms with Crippen molar-refractivity contribution in [2.45, 2.75) is 6.42 Å². The van der Waals surface area contributed by atoms with E-state index in [0.717, 1.165) is 45.7 Å². The highest BCUT2D eigenvalue weighted by Crippen LogP contribution is 2.01. The van der Waals surface area contributed by atoms with Gasteiger partial charge in [0.05, 0.1) is 18.4 Å². The van der Waals surface area contributed by atoms with Crippen LogP contribution in [0.5, 0.6) is 0 Å². The zero-order valence-corrected chi connectivity index (χ0v) is 14.5. The van der Waals surface area contributed by atoms with Gasteiger partial charge in [0.15, 0.2) is 0 Å². The molecule has 1 saturated heterocycles. The van der Waals surface area contributed by atoms with E-state index < -0.39 is 11.9 Å². The van der Waals surface area contributed by atoms with Crippen molar-refractivity contribution in [3.63, 3.8) is 0 Å². The fraction of sp³-hybridized carbons (Fsp3) is 0.643. The Morgan fingerprint density at radius 1 is 1.21 bits per heavy atom. The van der Waals surface area contributed by atoms with Crippen LogP contribution in [0.4, 0.5) is 4.79 Å². The van der Waals surface area contributed by atoms with Crippen LogP contribution in [0.1, 0.15) is 16.8 Å². The lowest BCUT2D eigenvalue weighted by Crippen LogP contribution is -2.47. The second-order valence-corrected chi connectivity index (χ2v) is 5.99. The van der Waals surface area contributed by atoms with Gasteiger partial charge in [-0.1, -0.05) is 0 Å². The van der Waals surface area contributed by atoms with Crippen LogP contribution >= 0.6 is 11.5 Å². The molecule has 0 atom stereocenters. The number of aliphatic hydroxyl groups is 1. The Morgan fingerprint density at radius 2 is 1.83 bits per heavy atom. The number of nitrogens with one attached hydrogen (secondary N) is 1. The van der Waals surface area contributed by atoms with Crippen molar-refractivity contribution in [3.8, 4) is 0 Å². The molecule has 1 fully saturated rings. The van der Waals surface area contributed by atoms with Crippen LogP contribution in [0, 0.1) is 0 Å². The predicted molar refractivity (Wildman–Crippen MR) is 92.8 cm³/mol. The molecule has 0 aliphatic carbocycles. The number of rotatable bonds is 7. The molecule has 0 saturated carbocycles. The standard InChI is InChI=1S/C10H22N4O2.C4H4N2OS/c11-10(16)12-2-1-3-13-4-6-14(7-5-13)8-9-15;5-4(7)3-1-6-8-2-3/h15H,1-9H2,(H3,11,12,16);1-2H,(H2,5,7). The van der Waals surface area contributed by atoms with Crippen LogP contribution in [-0.4, -0.2) is 83.6 Å². The van der Waals surface area contributed by atoms with Crippen molar-refractivity contribution in [2.24, 2.45) is 11.5 Å². The Labute approximate surface area is 145 Å². The summed E-state index contributed by atoms with van der Waals surface area (Å²) in [4.78, 5) is 25.3. The van der Waals surface area contributed by atoms with Crippen molar-refractivity contribution >= 4 is 23.5 Å². The van der Waals surface area contributed by atoms with Crippen LogP contribution in [0.2, 0.25) is 0 Å². The normalized spacial score (nSPS) is 15.4. The van der Waals surface area contributed by atoms with E-state index in [4.69, 9.17) is 16.6 Å². The summed E-state index contributed by atoms with van der Waals surface area (Å²) in [5.74, 6) is -0.418. The van der Waals surface area contributed by atoms with Gasteiger partial charge in [-0.2, -0.15) is 0 Å². The molecular weight excluding hydrogens is 332 g/mol. The molecule has 1 aliphatic heterocycles. The predicted octanol–water partition coefficient (Wildman–Crippen LogP) is -1.10. The van der Waals surface area contributed by atoms with E-state index in [2.05, 4.69) is 19.5 Å². The molecule has 0 unspecified atom stereocenters. The molecule has 6 N–H and O–H groups in total. The maximum Gasteiger partial charge on any atom is 0.312 e. The van der Waals surface area contributed by atoms with Gasteiger partial charge in [-0.25, -0.2) is 9.17 Å². The minimum Gasteiger partial charge on any atom is -0.395 e. The van der Waals surface area contributed by atoms with Gasteiger partial charge in [-0.15, -0.1) is 0 Å². The van der Waals surface area contributed by atoms with Crippen LogP contribution in [0.3, 0.4) is 0 Å². The number of carbonyl (C=O) groups is 2. The molecule has 0 bridgehead atoms. The number of β-amino-alcohol motifs (C(OH)–C–C–N with tert-alkyl or cyclic N) is 1. The van der Waals surface area contributed by atoms with Crippen LogP contribution in [0.25, 0.3) is 0 Å². The lowest BCUT2D eigenvalue weighted by atomic mass is 10.3. The van der Waals surface area contributed by atoms with Gasteiger partial charge >= 0.3 is 6.03 Å². The summed E-state index contributed by atoms with van der Waals surface area (Å²) in [5.41, 5.74) is 10.3. The first-order valence-corrected chi connectivity index (χ1v) is 8.64. The summed E-state index contributed by atoms with van der Waals surface area (Å²) in [7, 11) is 0. The van der Waals surface area contributed by atoms with Crippen molar-refractivity contribution in [3.05, 3.63) is 17.1 Å². The molecule has 0 spiro atoms. The van der Waals surface area contributed by atoms with Gasteiger partial charge in [-0.05, 0) is 24.5 Å². The summed E-state index contributed by atoms with van der Waals surface area (Å²) in [6, 6.07) is -0.451. The van der Waals surface area contributed by atoms with Crippen LogP contribution in [-0.2, 0) is 0 Å². The highest BCUT2D eigenvalue weighted by molar-refractivity contribution is 7.03. The Kier molecular flexibility index (Phi) is 9.92. The number of urea groups is 1. The van der Waals surface area contributed by atoms with Crippen molar-refractivity contribution in [1.29, 1.82) is 0 Å². The lowest BCUT2D eigenvalue weighted by molar-refractivity contribution is 0.100. The largest absolute Gasteiger partial charge is 0.395 e. The average molecular weight is 358 g/mol. The lowest BCUT2D eigenvalue weighted by Gasteiger charge is -2.34. The summed E-state index contributed by atoms with van der Waals surface area (Å²) in [6.45, 7) is 6.76. The number of primary amides is 2. The molecule has 0 aromatic carbocycles. The third-order valence-corrected chi connectivity index (χ3v) is 4.13. The van der Waals surface area contributed by atoms with E-state index in [1.807, 2.05) is 0 Å². The molecule has 1 aromatic rings. The molecule has 2 heterocycles. The number of carbonyl (C=O) groups excluding carboxylic acids is 2. The third-order valence-electron chi connectivity index (χ3n) is 3.55. The van der Waals surface area contributed by atoms with E-state index in [1.165, 1.54) is 17.7 Å². The van der Waals surface area contributed by atoms with E-state index in [1.54, 1.807) is 5.38 Å². The topological polar surface area (TPSA) is 138 Å². The van der Waals surface area contributed by atoms with Gasteiger partial charge in [0.2, 0.25) is 0 Å². The molecule has 1 aromatic heterocycles. The first-order valence-electron chi connectivity index (χ1n) is 7.81. The van der Waals surface area contributed by atoms with E-state index in [0.29, 0.717) is 12.1 Å². The van der Waals surface area contributed by atoms with Gasteiger partial charge in [0.25, 0.3) is 5.91 Å². The molecule has 10 heteroatoms. The number of nitrogens with two attached hydrogens (primary N) is 2. The number of amides is 3. The Balaban J connectivity index is 0.000000300. The van der Waals surface area contributed by atoms with E-state index >= 15 is 0 Å². The van der Waals surface area contributed by atoms with Crippen LogP contribution < -0.4 is 16.8 Å². The minimum absolute atomic E-state index is 0.239. The Hall–Kier alpha value is -1.75. The monoisotopic (exact) mass is 358 g/mol. The summed E-state index contributed by atoms with van der Waals surface area (Å²) in [6.07, 6.45) is 2.38. The fourth-order valence-electron chi connectivity index (χ4n) is 2.22. The maximum atomic E-state index is 10.4. The van der Waals surface area contributed by atoms with Crippen molar-refractivity contribution < 1.29 is 14.7 Å². The zero-order chi connectivity index (χ0) is 17.8. The van der Waals surface area contributed by atoms with Gasteiger partial charge in [-0.3, -0.25) is 9.69 Å². The highest BCUT2D eigenvalue weighted by atomic mass is 32.1. The van der Waals surface area contributed by atoms with Gasteiger partial charge in [0.1, 0.15) is 0 Å². The average Bonchev–Trinajstić information content (AvgIpc) is 3.09. The molecule has 1 aliphatic rings. The van der Waals surface area contributed by atoms with Gasteiger partial charge < -0.3 is 26.8 Å². The number of aromatic nitrogens is 1. The molecule has 3 amide bonds. The first-order chi connectivity index (χ1) is 11.5. The Morgan fingerprint density at radius 3 is 2.25 bits per heavy atom. The highest BCUT2D eigenvalue weighted by Gasteiger charge is 2.15. The van der Waals surface area contributed by atoms with Crippen molar-refractivity contribution in [1.82, 2.24) is 19.5 Å². The summed E-state index contributed by atoms with van der Waals surface area (Å²) >= 11 is 1.22. The summed E-state index contributed by atoms with van der Waals surface area (Å²) < 4.78 is 3.68. The molecule has 0 radical (unpaired) electrons. The molecule has 9 nitrogen and oxygen atoms in total. The molecular formula is C14H26N6O3S. The molecule has 136 valence electrons. The number of hydrogen-bond donors (Lipinski definition) is 4. The van der Waals surface area contributed by atoms with Crippen molar-refractivity contribution in [2.75, 3.05) is 52.4 Å². The van der Waals surface area contributed by atoms with E-state index in [9.17, 15) is 9.59 Å². The minimum atomic E-state index is -0.451. The SMILES string of the molecule is NC(=O)NCCCN1CCN(CCO)CC1.NC(=O)c1cnsc1. The second-order valence-electron chi connectivity index (χ2n) is 5.33. The summed E-state index contributed by atoms with van der Waals surface area (Å²) in [5, 5.41) is 13.0. The zero-order valence-electron chi connectivity index (χ0n) is 13.7. The quantitative estimate of drug-likeness (QED) is 0.456. The first kappa shape index (κ1) is 20.3. The number of hydrogen-bond acceptors (Lipinski definition) is 7. The maximum absolute atomic E-state index is 10.4. The van der Waals surface area contributed by atoms with Gasteiger partial charge in [0, 0.05) is 44.6 Å². The smallest absolute Gasteiger partial charge is 0.312 e. The number of nitrogens with zero attached hydrogens (tertiary/aromatic N) is 3. The number of piperazine rings is 1. The molecule has 2 rings (SSSR count). The third kappa shape index (κ3) is 8.77. The Bertz CT molecular complexity index is 477. The number of aliphatic hydroxyl groups excluding tert-OH is 1. The molecule has 24 heavy (non-hydrogen) atoms. The fourth-order valence-corrected chi connectivity index (χ4v) is 2.74.